The van der Waals surface area contributed by atoms with Crippen LogP contribution >= 0.6 is 0 Å². The summed E-state index contributed by atoms with van der Waals surface area (Å²) in [6.07, 6.45) is 18.1. The van der Waals surface area contributed by atoms with Gasteiger partial charge in [-0.1, -0.05) is 73.5 Å². The molecular formula is C47H62N4O4. The van der Waals surface area contributed by atoms with Gasteiger partial charge in [-0.05, 0) is 160 Å². The van der Waals surface area contributed by atoms with E-state index in [4.69, 9.17) is 10.5 Å². The Morgan fingerprint density at radius 1 is 0.927 bits per heavy atom. The molecule has 3 aromatic carbocycles. The number of phenolic OH excluding ortho intramolecular Hbond substituents is 1. The number of hydrogen-bond acceptors (Lipinski definition) is 8. The van der Waals surface area contributed by atoms with Gasteiger partial charge in [-0.25, -0.2) is 0 Å². The summed E-state index contributed by atoms with van der Waals surface area (Å²) in [6.45, 7) is 3.27. The van der Waals surface area contributed by atoms with Crippen LogP contribution < -0.4 is 26.4 Å². The van der Waals surface area contributed by atoms with Crippen LogP contribution in [-0.2, 0) is 35.3 Å². The summed E-state index contributed by atoms with van der Waals surface area (Å²) in [5.41, 5.74) is 14.1. The third-order valence-corrected chi connectivity index (χ3v) is 11.2. The fourth-order valence-corrected chi connectivity index (χ4v) is 8.04. The van der Waals surface area contributed by atoms with Gasteiger partial charge in [0, 0.05) is 12.6 Å². The quantitative estimate of drug-likeness (QED) is 0.0410. The number of aromatic hydroxyl groups is 1. The lowest BCUT2D eigenvalue weighted by Gasteiger charge is -2.30. The number of aryl methyl sites for hydroxylation is 3. The van der Waals surface area contributed by atoms with E-state index in [9.17, 15) is 14.7 Å². The van der Waals surface area contributed by atoms with Gasteiger partial charge in [-0.2, -0.15) is 0 Å². The number of rotatable bonds is 22. The summed E-state index contributed by atoms with van der Waals surface area (Å²) in [7, 11) is 3.54. The van der Waals surface area contributed by atoms with Gasteiger partial charge in [0.15, 0.2) is 17.3 Å². The van der Waals surface area contributed by atoms with Crippen molar-refractivity contribution in [1.82, 2.24) is 16.0 Å². The van der Waals surface area contributed by atoms with Crippen molar-refractivity contribution in [2.45, 2.75) is 89.6 Å². The minimum absolute atomic E-state index is 0.0189. The Morgan fingerprint density at radius 3 is 2.40 bits per heavy atom. The van der Waals surface area contributed by atoms with E-state index < -0.39 is 0 Å². The maximum absolute atomic E-state index is 13.0. The molecule has 8 nitrogen and oxygen atoms in total. The van der Waals surface area contributed by atoms with Crippen molar-refractivity contribution in [1.29, 1.82) is 0 Å². The number of benzene rings is 3. The molecule has 8 heteroatoms. The molecule has 55 heavy (non-hydrogen) atoms. The van der Waals surface area contributed by atoms with Gasteiger partial charge in [0.1, 0.15) is 5.78 Å². The molecule has 0 aliphatic carbocycles. The summed E-state index contributed by atoms with van der Waals surface area (Å²) in [4.78, 5) is 25.7. The lowest BCUT2D eigenvalue weighted by atomic mass is 9.81. The maximum atomic E-state index is 13.0. The normalized spacial score (nSPS) is 16.7. The summed E-state index contributed by atoms with van der Waals surface area (Å²) in [6, 6.07) is 22.8. The molecule has 6 N–H and O–H groups in total. The van der Waals surface area contributed by atoms with Crippen molar-refractivity contribution in [3.8, 4) is 11.5 Å². The summed E-state index contributed by atoms with van der Waals surface area (Å²) < 4.78 is 5.42. The van der Waals surface area contributed by atoms with Crippen LogP contribution in [0.15, 0.2) is 96.2 Å². The van der Waals surface area contributed by atoms with Gasteiger partial charge < -0.3 is 31.5 Å². The molecule has 0 spiro atoms. The molecule has 2 heterocycles. The first-order chi connectivity index (χ1) is 26.8. The van der Waals surface area contributed by atoms with Crippen LogP contribution in [0.4, 0.5) is 0 Å². The monoisotopic (exact) mass is 746 g/mol. The second-order valence-electron chi connectivity index (χ2n) is 15.3. The third-order valence-electron chi connectivity index (χ3n) is 11.2. The maximum Gasteiger partial charge on any atom is 0.163 e. The van der Waals surface area contributed by atoms with Crippen molar-refractivity contribution in [3.05, 3.63) is 124 Å². The number of ether oxygens (including phenoxy) is 1. The van der Waals surface area contributed by atoms with Crippen LogP contribution in [0.2, 0.25) is 0 Å². The first-order valence-electron chi connectivity index (χ1n) is 20.3. The average Bonchev–Trinajstić information content (AvgIpc) is 3.20. The molecule has 0 aromatic heterocycles. The van der Waals surface area contributed by atoms with E-state index >= 15 is 0 Å². The molecule has 1 saturated heterocycles. The highest BCUT2D eigenvalue weighted by atomic mass is 16.5. The minimum atomic E-state index is -0.288. The molecule has 1 fully saturated rings. The number of hydrogen-bond donors (Lipinski definition) is 5. The van der Waals surface area contributed by atoms with Crippen molar-refractivity contribution in [2.24, 2.45) is 17.6 Å². The van der Waals surface area contributed by atoms with Crippen LogP contribution in [0.25, 0.3) is 6.08 Å². The van der Waals surface area contributed by atoms with E-state index in [0.717, 1.165) is 92.8 Å². The van der Waals surface area contributed by atoms with Crippen molar-refractivity contribution in [3.63, 3.8) is 0 Å². The van der Waals surface area contributed by atoms with Crippen molar-refractivity contribution in [2.75, 3.05) is 33.8 Å². The molecule has 1 unspecified atom stereocenters. The Kier molecular flexibility index (Phi) is 16.8. The van der Waals surface area contributed by atoms with E-state index in [1.54, 1.807) is 18.2 Å². The Bertz CT molecular complexity index is 1780. The van der Waals surface area contributed by atoms with Crippen LogP contribution in [0.3, 0.4) is 0 Å². The Hall–Kier alpha value is -4.50. The Morgan fingerprint density at radius 2 is 1.65 bits per heavy atom. The van der Waals surface area contributed by atoms with E-state index in [1.165, 1.54) is 49.1 Å². The van der Waals surface area contributed by atoms with Crippen LogP contribution in [-0.4, -0.2) is 56.6 Å². The standard InChI is InChI=1S/C47H62N4O4/c1-49-32-40(37-22-24-50-25-23-37)14-7-4-8-15-43(52)31-44(53)21-20-38-29-46(55-2)45(54)28-41(38)27-42-33-51-47(48)30-39(42)19-18-36-13-9-12-35(26-36)17-16-34-10-5-3-6-11-34/h3,5-6,9-13,20-21,26,28-30,33,37,40,47,49-51,54H,4,7-8,14-19,22-25,27,31-32,48H2,1-2H3/b21-20+/t40-,47?/m0/s1. The van der Waals surface area contributed by atoms with E-state index in [2.05, 4.69) is 76.6 Å². The number of ketones is 2. The number of nitrogens with two attached hydrogens (primary N) is 1. The van der Waals surface area contributed by atoms with Crippen molar-refractivity contribution >= 4 is 17.6 Å². The summed E-state index contributed by atoms with van der Waals surface area (Å²) >= 11 is 0. The highest BCUT2D eigenvalue weighted by molar-refractivity contribution is 6.06. The number of phenols is 1. The first-order valence-corrected chi connectivity index (χ1v) is 20.3. The molecule has 5 rings (SSSR count). The molecule has 0 bridgehead atoms. The molecule has 0 amide bonds. The number of unbranched alkanes of at least 4 members (excludes halogenated alkanes) is 2. The number of allylic oxidation sites excluding steroid dienone is 3. The Balaban J connectivity index is 1.14. The number of carbonyl (C=O) groups is 2. The molecule has 2 atom stereocenters. The third kappa shape index (κ3) is 13.6. The number of dihydropyridines is 1. The van der Waals surface area contributed by atoms with Gasteiger partial charge in [0.2, 0.25) is 0 Å². The lowest BCUT2D eigenvalue weighted by molar-refractivity contribution is -0.124. The molecule has 3 aromatic rings. The number of piperidine rings is 1. The van der Waals surface area contributed by atoms with Crippen LogP contribution in [0.5, 0.6) is 11.5 Å². The fraction of sp³-hybridized carbons (Fsp3) is 0.447. The predicted molar refractivity (Wildman–Crippen MR) is 224 cm³/mol. The number of carbonyl (C=O) groups excluding carboxylic acids is 2. The minimum Gasteiger partial charge on any atom is -0.504 e. The second kappa shape index (κ2) is 22.2. The second-order valence-corrected chi connectivity index (χ2v) is 15.3. The van der Waals surface area contributed by atoms with E-state index in [1.807, 2.05) is 13.2 Å². The van der Waals surface area contributed by atoms with Crippen LogP contribution in [0, 0.1) is 11.8 Å². The highest BCUT2D eigenvalue weighted by Crippen LogP contribution is 2.34. The zero-order valence-electron chi connectivity index (χ0n) is 33.0. The van der Waals surface area contributed by atoms with E-state index in [0.29, 0.717) is 24.5 Å². The largest absolute Gasteiger partial charge is 0.504 e. The van der Waals surface area contributed by atoms with E-state index in [-0.39, 0.29) is 29.9 Å². The number of nitrogens with one attached hydrogen (secondary N) is 3. The van der Waals surface area contributed by atoms with Gasteiger partial charge in [0.25, 0.3) is 0 Å². The zero-order valence-corrected chi connectivity index (χ0v) is 33.0. The predicted octanol–water partition coefficient (Wildman–Crippen LogP) is 7.39. The molecule has 2 aliphatic rings. The molecular weight excluding hydrogens is 685 g/mol. The highest BCUT2D eigenvalue weighted by Gasteiger charge is 2.23. The van der Waals surface area contributed by atoms with Crippen molar-refractivity contribution < 1.29 is 19.4 Å². The number of Topliss-reactive ketones (excluding diaryl/α,β-unsaturated/α-hetero) is 1. The van der Waals surface area contributed by atoms with Crippen LogP contribution in [0.1, 0.15) is 85.6 Å². The molecule has 0 saturated carbocycles. The average molecular weight is 747 g/mol. The molecule has 2 aliphatic heterocycles. The van der Waals surface area contributed by atoms with Gasteiger partial charge in [-0.3, -0.25) is 9.59 Å². The zero-order chi connectivity index (χ0) is 38.8. The summed E-state index contributed by atoms with van der Waals surface area (Å²) in [5.74, 6) is 1.56. The topological polar surface area (TPSA) is 126 Å². The van der Waals surface area contributed by atoms with Gasteiger partial charge >= 0.3 is 0 Å². The lowest BCUT2D eigenvalue weighted by Crippen LogP contribution is -2.35. The fourth-order valence-electron chi connectivity index (χ4n) is 8.04. The van der Waals surface area contributed by atoms with Gasteiger partial charge in [-0.15, -0.1) is 0 Å². The smallest absolute Gasteiger partial charge is 0.163 e. The molecule has 0 radical (unpaired) electrons. The summed E-state index contributed by atoms with van der Waals surface area (Å²) in [5, 5.41) is 20.8. The number of methoxy groups -OCH3 is 1. The molecule has 294 valence electrons. The Labute approximate surface area is 328 Å². The SMILES string of the molecule is CNC[C@H](CCCCCC(=O)CC(=O)/C=C/c1cc(OC)c(O)cc1CC1=CNC(N)C=C1CCc1cccc(CCc2ccccc2)c1)C1CCNCC1. The first kappa shape index (κ1) is 41.7. The van der Waals surface area contributed by atoms with Gasteiger partial charge in [0.05, 0.1) is 19.7 Å².